The van der Waals surface area contributed by atoms with Crippen molar-refractivity contribution in [2.75, 3.05) is 18.8 Å². The number of carbonyl (C=O) groups excluding carboxylic acids is 1. The van der Waals surface area contributed by atoms with E-state index in [4.69, 9.17) is 15.2 Å². The minimum atomic E-state index is -0.576. The topological polar surface area (TPSA) is 86.8 Å². The van der Waals surface area contributed by atoms with Gasteiger partial charge in [-0.1, -0.05) is 0 Å². The molecule has 0 saturated carbocycles. The highest BCUT2D eigenvalue weighted by atomic mass is 19.1. The van der Waals surface area contributed by atoms with Gasteiger partial charge in [-0.3, -0.25) is 9.36 Å². The number of benzene rings is 1. The van der Waals surface area contributed by atoms with E-state index in [2.05, 4.69) is 0 Å². The number of nitrogens with zero attached hydrogens (tertiary/aromatic N) is 2. The Morgan fingerprint density at radius 1 is 1.21 bits per heavy atom. The molecule has 1 aliphatic heterocycles. The Morgan fingerprint density at radius 2 is 1.93 bits per heavy atom. The summed E-state index contributed by atoms with van der Waals surface area (Å²) in [7, 11) is 0. The molecule has 2 aromatic rings. The summed E-state index contributed by atoms with van der Waals surface area (Å²) in [5.74, 6) is -0.132. The summed E-state index contributed by atoms with van der Waals surface area (Å²) >= 11 is 0. The van der Waals surface area contributed by atoms with E-state index in [-0.39, 0.29) is 29.5 Å². The van der Waals surface area contributed by atoms with Crippen molar-refractivity contribution in [2.24, 2.45) is 0 Å². The summed E-state index contributed by atoms with van der Waals surface area (Å²) in [6, 6.07) is 7.23. The minimum absolute atomic E-state index is 0.0281. The first kappa shape index (κ1) is 19.7. The van der Waals surface area contributed by atoms with Crippen LogP contribution in [-0.2, 0) is 4.74 Å². The van der Waals surface area contributed by atoms with Crippen molar-refractivity contribution in [3.63, 3.8) is 0 Å². The van der Waals surface area contributed by atoms with Gasteiger partial charge in [-0.05, 0) is 32.0 Å². The van der Waals surface area contributed by atoms with Crippen molar-refractivity contribution in [3.05, 3.63) is 52.7 Å². The van der Waals surface area contributed by atoms with Crippen LogP contribution in [0.15, 0.2) is 41.3 Å². The SMILES string of the molecule is CC(C)OC(=O)N1CCC(Oc2ccn(-c3ccc(N)c(F)c3)c(=O)c2)CC1. The predicted octanol–water partition coefficient (Wildman–Crippen LogP) is 2.95. The number of anilines is 1. The van der Waals surface area contributed by atoms with Crippen LogP contribution in [0.3, 0.4) is 0 Å². The van der Waals surface area contributed by atoms with Crippen LogP contribution >= 0.6 is 0 Å². The Hall–Kier alpha value is -3.03. The number of halogens is 1. The monoisotopic (exact) mass is 389 g/mol. The van der Waals surface area contributed by atoms with Gasteiger partial charge >= 0.3 is 6.09 Å². The summed E-state index contributed by atoms with van der Waals surface area (Å²) in [4.78, 5) is 26.0. The van der Waals surface area contributed by atoms with Gasteiger partial charge in [0.1, 0.15) is 17.7 Å². The molecule has 0 spiro atoms. The minimum Gasteiger partial charge on any atom is -0.490 e. The maximum Gasteiger partial charge on any atom is 0.410 e. The number of likely N-dealkylation sites (tertiary alicyclic amines) is 1. The van der Waals surface area contributed by atoms with E-state index in [0.717, 1.165) is 0 Å². The summed E-state index contributed by atoms with van der Waals surface area (Å²) in [6.07, 6.45) is 2.29. The molecule has 1 fully saturated rings. The van der Waals surface area contributed by atoms with Crippen molar-refractivity contribution in [2.45, 2.75) is 38.9 Å². The molecule has 1 aromatic carbocycles. The van der Waals surface area contributed by atoms with E-state index in [9.17, 15) is 14.0 Å². The number of hydrogen-bond donors (Lipinski definition) is 1. The zero-order valence-electron chi connectivity index (χ0n) is 15.9. The van der Waals surface area contributed by atoms with Crippen LogP contribution < -0.4 is 16.0 Å². The van der Waals surface area contributed by atoms with Crippen LogP contribution in [0.2, 0.25) is 0 Å². The van der Waals surface area contributed by atoms with Gasteiger partial charge < -0.3 is 20.1 Å². The van der Waals surface area contributed by atoms with Gasteiger partial charge in [0.25, 0.3) is 5.56 Å². The molecule has 1 aliphatic rings. The molecule has 0 aliphatic carbocycles. The highest BCUT2D eigenvalue weighted by molar-refractivity contribution is 5.67. The third-order valence-corrected chi connectivity index (χ3v) is 4.49. The first-order valence-electron chi connectivity index (χ1n) is 9.24. The van der Waals surface area contributed by atoms with E-state index in [1.165, 1.54) is 29.0 Å². The molecule has 0 atom stereocenters. The Balaban J connectivity index is 1.62. The maximum absolute atomic E-state index is 13.6. The Morgan fingerprint density at radius 3 is 2.54 bits per heavy atom. The summed E-state index contributed by atoms with van der Waals surface area (Å²) in [6.45, 7) is 4.71. The molecule has 3 rings (SSSR count). The molecular weight excluding hydrogens is 365 g/mol. The van der Waals surface area contributed by atoms with Crippen molar-refractivity contribution in [1.82, 2.24) is 9.47 Å². The van der Waals surface area contributed by atoms with E-state index in [1.807, 2.05) is 13.8 Å². The zero-order chi connectivity index (χ0) is 20.3. The number of amides is 1. The first-order chi connectivity index (χ1) is 13.3. The number of pyridine rings is 1. The van der Waals surface area contributed by atoms with Crippen LogP contribution in [0.5, 0.6) is 5.75 Å². The quantitative estimate of drug-likeness (QED) is 0.813. The lowest BCUT2D eigenvalue weighted by atomic mass is 10.1. The van der Waals surface area contributed by atoms with Gasteiger partial charge in [0.2, 0.25) is 0 Å². The van der Waals surface area contributed by atoms with Gasteiger partial charge in [0.05, 0.1) is 17.5 Å². The van der Waals surface area contributed by atoms with E-state index >= 15 is 0 Å². The number of hydrogen-bond acceptors (Lipinski definition) is 5. The molecule has 28 heavy (non-hydrogen) atoms. The fourth-order valence-corrected chi connectivity index (χ4v) is 3.04. The Kier molecular flexibility index (Phi) is 5.87. The van der Waals surface area contributed by atoms with E-state index in [0.29, 0.717) is 37.4 Å². The largest absolute Gasteiger partial charge is 0.490 e. The van der Waals surface area contributed by atoms with E-state index in [1.54, 1.807) is 17.0 Å². The molecule has 8 heteroatoms. The van der Waals surface area contributed by atoms with Gasteiger partial charge in [0.15, 0.2) is 0 Å². The second-order valence-corrected chi connectivity index (χ2v) is 7.01. The van der Waals surface area contributed by atoms with Crippen LogP contribution in [-0.4, -0.2) is 40.9 Å². The molecule has 0 bridgehead atoms. The molecule has 0 unspecified atom stereocenters. The fourth-order valence-electron chi connectivity index (χ4n) is 3.04. The third-order valence-electron chi connectivity index (χ3n) is 4.49. The number of ether oxygens (including phenoxy) is 2. The number of aromatic nitrogens is 1. The number of rotatable bonds is 4. The van der Waals surface area contributed by atoms with E-state index < -0.39 is 5.82 Å². The molecule has 150 valence electrons. The van der Waals surface area contributed by atoms with Gasteiger partial charge in [-0.2, -0.15) is 0 Å². The third kappa shape index (κ3) is 4.62. The first-order valence-corrected chi connectivity index (χ1v) is 9.24. The standard InChI is InChI=1S/C20H24FN3O4/c1-13(2)27-20(26)23-8-5-15(6-9-23)28-16-7-10-24(19(25)12-16)14-3-4-18(22)17(21)11-14/h3-4,7,10-13,15H,5-6,8-9,22H2,1-2H3. The summed E-state index contributed by atoms with van der Waals surface area (Å²) in [5, 5.41) is 0. The van der Waals surface area contributed by atoms with Crippen molar-refractivity contribution >= 4 is 11.8 Å². The average Bonchev–Trinajstić information content (AvgIpc) is 2.64. The Labute approximate surface area is 162 Å². The lowest BCUT2D eigenvalue weighted by Crippen LogP contribution is -2.42. The molecule has 1 saturated heterocycles. The van der Waals surface area contributed by atoms with Crippen molar-refractivity contribution in [3.8, 4) is 11.4 Å². The average molecular weight is 389 g/mol. The normalized spacial score (nSPS) is 14.9. The smallest absolute Gasteiger partial charge is 0.410 e. The molecule has 2 heterocycles. The predicted molar refractivity (Wildman–Crippen MR) is 103 cm³/mol. The summed E-state index contributed by atoms with van der Waals surface area (Å²) in [5.41, 5.74) is 5.55. The highest BCUT2D eigenvalue weighted by Gasteiger charge is 2.25. The van der Waals surface area contributed by atoms with Crippen LogP contribution in [0.4, 0.5) is 14.9 Å². The second-order valence-electron chi connectivity index (χ2n) is 7.01. The molecule has 2 N–H and O–H groups in total. The Bertz CT molecular complexity index is 905. The van der Waals surface area contributed by atoms with Crippen molar-refractivity contribution in [1.29, 1.82) is 0 Å². The van der Waals surface area contributed by atoms with Crippen LogP contribution in [0.25, 0.3) is 5.69 Å². The number of nitrogens with two attached hydrogens (primary N) is 1. The number of piperidine rings is 1. The number of nitrogen functional groups attached to an aromatic ring is 1. The fraction of sp³-hybridized carbons (Fsp3) is 0.400. The van der Waals surface area contributed by atoms with Crippen molar-refractivity contribution < 1.29 is 18.7 Å². The highest BCUT2D eigenvalue weighted by Crippen LogP contribution is 2.20. The van der Waals surface area contributed by atoms with Crippen LogP contribution in [0.1, 0.15) is 26.7 Å². The zero-order valence-corrected chi connectivity index (χ0v) is 15.9. The number of carbonyl (C=O) groups is 1. The molecule has 1 amide bonds. The molecular formula is C20H24FN3O4. The lowest BCUT2D eigenvalue weighted by Gasteiger charge is -2.32. The molecule has 0 radical (unpaired) electrons. The summed E-state index contributed by atoms with van der Waals surface area (Å²) < 4.78 is 26.1. The van der Waals surface area contributed by atoms with Gasteiger partial charge in [-0.25, -0.2) is 9.18 Å². The maximum atomic E-state index is 13.6. The molecule has 7 nitrogen and oxygen atoms in total. The second kappa shape index (κ2) is 8.33. The lowest BCUT2D eigenvalue weighted by molar-refractivity contribution is 0.0516. The van der Waals surface area contributed by atoms with Gasteiger partial charge in [-0.15, -0.1) is 0 Å². The van der Waals surface area contributed by atoms with Crippen LogP contribution in [0, 0.1) is 5.82 Å². The van der Waals surface area contributed by atoms with Gasteiger partial charge in [0, 0.05) is 44.3 Å². The molecule has 1 aromatic heterocycles.